The molecular weight excluding hydrogens is 152 g/mol. The van der Waals surface area contributed by atoms with E-state index >= 15 is 0 Å². The summed E-state index contributed by atoms with van der Waals surface area (Å²) >= 11 is 0. The second-order valence-electron chi connectivity index (χ2n) is 3.89. The largest absolute Gasteiger partial charge is 0.313 e. The van der Waals surface area contributed by atoms with Gasteiger partial charge in [-0.05, 0) is 12.3 Å². The molecule has 12 heavy (non-hydrogen) atoms. The monoisotopic (exact) mass is 170 g/mol. The predicted octanol–water partition coefficient (Wildman–Crippen LogP) is 0.161. The molecule has 3 heteroatoms. The van der Waals surface area contributed by atoms with Gasteiger partial charge in [0, 0.05) is 19.1 Å². The Balaban J connectivity index is 2.30. The highest BCUT2D eigenvalue weighted by molar-refractivity contribution is 5.58. The van der Waals surface area contributed by atoms with Crippen molar-refractivity contribution in [3.8, 4) is 0 Å². The van der Waals surface area contributed by atoms with Crippen LogP contribution in [0.2, 0.25) is 0 Å². The molecule has 0 aromatic heterocycles. The third kappa shape index (κ3) is 2.91. The van der Waals surface area contributed by atoms with E-state index in [-0.39, 0.29) is 6.04 Å². The molecule has 0 radical (unpaired) electrons. The quantitative estimate of drug-likeness (QED) is 0.593. The number of nitrogens with one attached hydrogen (secondary N) is 2. The van der Waals surface area contributed by atoms with Gasteiger partial charge in [-0.15, -0.1) is 0 Å². The molecule has 3 nitrogen and oxygen atoms in total. The zero-order valence-corrected chi connectivity index (χ0v) is 7.84. The van der Waals surface area contributed by atoms with Crippen molar-refractivity contribution in [2.24, 2.45) is 5.92 Å². The van der Waals surface area contributed by atoms with Crippen molar-refractivity contribution >= 4 is 6.29 Å². The summed E-state index contributed by atoms with van der Waals surface area (Å²) in [6, 6.07) is 0.483. The lowest BCUT2D eigenvalue weighted by Gasteiger charge is -2.29. The van der Waals surface area contributed by atoms with E-state index in [1.165, 1.54) is 0 Å². The van der Waals surface area contributed by atoms with Gasteiger partial charge in [-0.1, -0.05) is 13.8 Å². The maximum absolute atomic E-state index is 10.5. The van der Waals surface area contributed by atoms with Crippen molar-refractivity contribution in [2.45, 2.75) is 32.4 Å². The highest BCUT2D eigenvalue weighted by Crippen LogP contribution is 2.06. The molecular formula is C9H18N2O. The fourth-order valence-electron chi connectivity index (χ4n) is 1.64. The Morgan fingerprint density at radius 3 is 2.83 bits per heavy atom. The fourth-order valence-corrected chi connectivity index (χ4v) is 1.64. The smallest absolute Gasteiger partial charge is 0.138 e. The summed E-state index contributed by atoms with van der Waals surface area (Å²) in [6.07, 6.45) is 2.12. The summed E-state index contributed by atoms with van der Waals surface area (Å²) in [6.45, 7) is 6.17. The molecule has 2 atom stereocenters. The molecule has 0 aromatic rings. The molecule has 0 aromatic carbocycles. The normalized spacial score (nSPS) is 30.6. The molecule has 0 saturated carbocycles. The zero-order valence-electron chi connectivity index (χ0n) is 7.84. The lowest BCUT2D eigenvalue weighted by Crippen LogP contribution is -2.55. The Kier molecular flexibility index (Phi) is 3.69. The molecule has 1 fully saturated rings. The van der Waals surface area contributed by atoms with Gasteiger partial charge >= 0.3 is 0 Å². The van der Waals surface area contributed by atoms with Crippen LogP contribution in [0.25, 0.3) is 0 Å². The summed E-state index contributed by atoms with van der Waals surface area (Å²) in [4.78, 5) is 10.5. The number of hydrogen-bond donors (Lipinski definition) is 2. The molecule has 1 heterocycles. The predicted molar refractivity (Wildman–Crippen MR) is 49.1 cm³/mol. The second kappa shape index (κ2) is 4.58. The Hall–Kier alpha value is -0.410. The average Bonchev–Trinajstić information content (AvgIpc) is 2.03. The topological polar surface area (TPSA) is 41.1 Å². The van der Waals surface area contributed by atoms with Crippen molar-refractivity contribution < 1.29 is 4.79 Å². The highest BCUT2D eigenvalue weighted by atomic mass is 16.1. The molecule has 1 aliphatic rings. The van der Waals surface area contributed by atoms with E-state index in [0.717, 1.165) is 25.8 Å². The first-order chi connectivity index (χ1) is 5.72. The van der Waals surface area contributed by atoms with E-state index in [2.05, 4.69) is 24.5 Å². The number of rotatable bonds is 3. The maximum Gasteiger partial charge on any atom is 0.138 e. The molecule has 1 rings (SSSR count). The lowest BCUT2D eigenvalue weighted by atomic mass is 10.0. The van der Waals surface area contributed by atoms with Crippen LogP contribution < -0.4 is 10.6 Å². The molecule has 0 amide bonds. The van der Waals surface area contributed by atoms with Crippen LogP contribution in [-0.4, -0.2) is 31.5 Å². The molecule has 0 bridgehead atoms. The van der Waals surface area contributed by atoms with Crippen LogP contribution in [0.3, 0.4) is 0 Å². The Morgan fingerprint density at radius 2 is 2.25 bits per heavy atom. The Bertz CT molecular complexity index is 147. The number of hydrogen-bond acceptors (Lipinski definition) is 3. The van der Waals surface area contributed by atoms with Crippen molar-refractivity contribution in [3.05, 3.63) is 0 Å². The van der Waals surface area contributed by atoms with Crippen LogP contribution in [0.15, 0.2) is 0 Å². The second-order valence-corrected chi connectivity index (χ2v) is 3.89. The molecule has 1 aliphatic heterocycles. The number of carbonyl (C=O) groups excluding carboxylic acids is 1. The Labute approximate surface area is 73.9 Å². The van der Waals surface area contributed by atoms with Crippen molar-refractivity contribution in [1.29, 1.82) is 0 Å². The van der Waals surface area contributed by atoms with Crippen LogP contribution in [0, 0.1) is 5.92 Å². The van der Waals surface area contributed by atoms with Crippen LogP contribution in [0.5, 0.6) is 0 Å². The van der Waals surface area contributed by atoms with Crippen LogP contribution in [0.1, 0.15) is 20.3 Å². The van der Waals surface area contributed by atoms with E-state index in [1.54, 1.807) is 0 Å². The van der Waals surface area contributed by atoms with Crippen molar-refractivity contribution in [1.82, 2.24) is 10.6 Å². The summed E-state index contributed by atoms with van der Waals surface area (Å²) in [7, 11) is 0. The molecule has 1 saturated heterocycles. The van der Waals surface area contributed by atoms with Gasteiger partial charge in [0.05, 0.1) is 6.04 Å². The first-order valence-corrected chi connectivity index (χ1v) is 4.64. The zero-order chi connectivity index (χ0) is 8.97. The number of carbonyl (C=O) groups is 1. The van der Waals surface area contributed by atoms with E-state index in [4.69, 9.17) is 0 Å². The molecule has 1 unspecified atom stereocenters. The Morgan fingerprint density at radius 1 is 1.50 bits per heavy atom. The minimum atomic E-state index is 0.0162. The molecule has 2 N–H and O–H groups in total. The minimum absolute atomic E-state index is 0.0162. The van der Waals surface area contributed by atoms with Gasteiger partial charge in [0.25, 0.3) is 0 Å². The van der Waals surface area contributed by atoms with E-state index in [1.807, 2.05) is 0 Å². The van der Waals surface area contributed by atoms with E-state index in [0.29, 0.717) is 12.0 Å². The van der Waals surface area contributed by atoms with Gasteiger partial charge in [-0.2, -0.15) is 0 Å². The summed E-state index contributed by atoms with van der Waals surface area (Å²) in [5.74, 6) is 0.690. The van der Waals surface area contributed by atoms with Crippen molar-refractivity contribution in [2.75, 3.05) is 13.1 Å². The van der Waals surface area contributed by atoms with Crippen molar-refractivity contribution in [3.63, 3.8) is 0 Å². The average molecular weight is 170 g/mol. The van der Waals surface area contributed by atoms with Gasteiger partial charge in [0.15, 0.2) is 0 Å². The molecule has 0 aliphatic carbocycles. The number of piperazine rings is 1. The van der Waals surface area contributed by atoms with Gasteiger partial charge in [-0.25, -0.2) is 0 Å². The summed E-state index contributed by atoms with van der Waals surface area (Å²) in [5.41, 5.74) is 0. The first-order valence-electron chi connectivity index (χ1n) is 4.64. The molecule has 70 valence electrons. The van der Waals surface area contributed by atoms with Gasteiger partial charge in [0.1, 0.15) is 6.29 Å². The third-order valence-corrected chi connectivity index (χ3v) is 2.12. The van der Waals surface area contributed by atoms with Crippen LogP contribution in [0.4, 0.5) is 0 Å². The van der Waals surface area contributed by atoms with Crippen LogP contribution in [-0.2, 0) is 4.79 Å². The van der Waals surface area contributed by atoms with E-state index in [9.17, 15) is 4.79 Å². The van der Waals surface area contributed by atoms with Gasteiger partial charge in [0.2, 0.25) is 0 Å². The fraction of sp³-hybridized carbons (Fsp3) is 0.889. The first kappa shape index (κ1) is 9.68. The summed E-state index contributed by atoms with van der Waals surface area (Å²) < 4.78 is 0. The highest BCUT2D eigenvalue weighted by Gasteiger charge is 2.19. The van der Waals surface area contributed by atoms with Gasteiger partial charge in [-0.3, -0.25) is 0 Å². The van der Waals surface area contributed by atoms with Crippen LogP contribution >= 0.6 is 0 Å². The van der Waals surface area contributed by atoms with E-state index < -0.39 is 0 Å². The molecule has 0 spiro atoms. The minimum Gasteiger partial charge on any atom is -0.313 e. The standard InChI is InChI=1S/C9H18N2O/c1-7(2)3-8-4-10-5-9(6-12)11-8/h6-11H,3-5H2,1-2H3/t8-,9?/m1/s1. The third-order valence-electron chi connectivity index (χ3n) is 2.12. The summed E-state index contributed by atoms with van der Waals surface area (Å²) in [5, 5.41) is 6.55. The number of aldehydes is 1. The lowest BCUT2D eigenvalue weighted by molar-refractivity contribution is -0.110. The maximum atomic E-state index is 10.5. The van der Waals surface area contributed by atoms with Gasteiger partial charge < -0.3 is 15.4 Å². The SMILES string of the molecule is CC(C)C[C@@H]1CNCC(C=O)N1.